The van der Waals surface area contributed by atoms with Crippen LogP contribution in [0.2, 0.25) is 0 Å². The average Bonchev–Trinajstić information content (AvgIpc) is 2.62. The van der Waals surface area contributed by atoms with Crippen LogP contribution in [0.5, 0.6) is 11.5 Å². The van der Waals surface area contributed by atoms with Gasteiger partial charge in [-0.25, -0.2) is 5.43 Å². The SMILES string of the molecule is COc1cc(C=NNC(=O)c2cc([N+](=O)[O-])cc([N+](=O)[O-])c2)ccc1O. The van der Waals surface area contributed by atoms with E-state index in [9.17, 15) is 30.1 Å². The molecule has 0 saturated heterocycles. The summed E-state index contributed by atoms with van der Waals surface area (Å²) in [5.41, 5.74) is 1.15. The molecule has 0 aliphatic rings. The van der Waals surface area contributed by atoms with Crippen LogP contribution in [0.3, 0.4) is 0 Å². The molecule has 26 heavy (non-hydrogen) atoms. The van der Waals surface area contributed by atoms with Gasteiger partial charge >= 0.3 is 0 Å². The number of non-ortho nitro benzene ring substituents is 2. The van der Waals surface area contributed by atoms with E-state index in [1.165, 1.54) is 31.5 Å². The van der Waals surface area contributed by atoms with Gasteiger partial charge < -0.3 is 9.84 Å². The van der Waals surface area contributed by atoms with Crippen LogP contribution in [0.15, 0.2) is 41.5 Å². The molecule has 0 heterocycles. The van der Waals surface area contributed by atoms with E-state index in [4.69, 9.17) is 4.74 Å². The Bertz CT molecular complexity index is 879. The maximum Gasteiger partial charge on any atom is 0.277 e. The Morgan fingerprint density at radius 3 is 2.31 bits per heavy atom. The summed E-state index contributed by atoms with van der Waals surface area (Å²) in [7, 11) is 1.37. The smallest absolute Gasteiger partial charge is 0.277 e. The summed E-state index contributed by atoms with van der Waals surface area (Å²) in [5.74, 6) is -0.731. The zero-order valence-electron chi connectivity index (χ0n) is 13.3. The second-order valence-electron chi connectivity index (χ2n) is 4.88. The van der Waals surface area contributed by atoms with Crippen molar-refractivity contribution in [3.63, 3.8) is 0 Å². The van der Waals surface area contributed by atoms with Crippen molar-refractivity contribution < 1.29 is 24.5 Å². The average molecular weight is 360 g/mol. The number of ether oxygens (including phenoxy) is 1. The van der Waals surface area contributed by atoms with Gasteiger partial charge in [0.25, 0.3) is 17.3 Å². The Balaban J connectivity index is 2.19. The summed E-state index contributed by atoms with van der Waals surface area (Å²) in [6.45, 7) is 0. The second-order valence-corrected chi connectivity index (χ2v) is 4.88. The molecule has 2 N–H and O–H groups in total. The summed E-state index contributed by atoms with van der Waals surface area (Å²) >= 11 is 0. The van der Waals surface area contributed by atoms with Crippen LogP contribution in [0, 0.1) is 20.2 Å². The molecule has 11 nitrogen and oxygen atoms in total. The Kier molecular flexibility index (Phi) is 5.43. The molecule has 0 bridgehead atoms. The van der Waals surface area contributed by atoms with E-state index in [1.807, 2.05) is 0 Å². The van der Waals surface area contributed by atoms with Crippen LogP contribution < -0.4 is 10.2 Å². The first-order chi connectivity index (χ1) is 12.3. The van der Waals surface area contributed by atoms with Gasteiger partial charge in [-0.15, -0.1) is 0 Å². The number of carbonyl (C=O) groups excluding carboxylic acids is 1. The van der Waals surface area contributed by atoms with Crippen molar-refractivity contribution in [2.45, 2.75) is 0 Å². The fourth-order valence-electron chi connectivity index (χ4n) is 1.94. The van der Waals surface area contributed by atoms with Gasteiger partial charge in [0.05, 0.1) is 34.8 Å². The monoisotopic (exact) mass is 360 g/mol. The van der Waals surface area contributed by atoms with Crippen LogP contribution >= 0.6 is 0 Å². The number of aromatic hydroxyl groups is 1. The Morgan fingerprint density at radius 1 is 1.15 bits per heavy atom. The number of nitrogens with zero attached hydrogens (tertiary/aromatic N) is 3. The molecular weight excluding hydrogens is 348 g/mol. The van der Waals surface area contributed by atoms with Crippen LogP contribution in [0.25, 0.3) is 0 Å². The van der Waals surface area contributed by atoms with Crippen molar-refractivity contribution >= 4 is 23.5 Å². The van der Waals surface area contributed by atoms with E-state index in [0.29, 0.717) is 5.56 Å². The number of amides is 1. The van der Waals surface area contributed by atoms with E-state index in [0.717, 1.165) is 18.2 Å². The molecule has 1 amide bonds. The first kappa shape index (κ1) is 18.3. The van der Waals surface area contributed by atoms with E-state index in [-0.39, 0.29) is 17.1 Å². The molecule has 0 aromatic heterocycles. The van der Waals surface area contributed by atoms with Crippen LogP contribution in [-0.2, 0) is 0 Å². The minimum Gasteiger partial charge on any atom is -0.504 e. The number of methoxy groups -OCH3 is 1. The molecule has 2 aromatic carbocycles. The third-order valence-corrected chi connectivity index (χ3v) is 3.17. The maximum atomic E-state index is 12.0. The predicted molar refractivity (Wildman–Crippen MR) is 89.5 cm³/mol. The molecule has 0 unspecified atom stereocenters. The van der Waals surface area contributed by atoms with E-state index >= 15 is 0 Å². The highest BCUT2D eigenvalue weighted by Crippen LogP contribution is 2.25. The number of rotatable bonds is 6. The van der Waals surface area contributed by atoms with Gasteiger partial charge in [-0.05, 0) is 23.8 Å². The van der Waals surface area contributed by atoms with Crippen molar-refractivity contribution in [1.29, 1.82) is 0 Å². The minimum atomic E-state index is -0.862. The highest BCUT2D eigenvalue weighted by molar-refractivity contribution is 5.96. The van der Waals surface area contributed by atoms with Crippen molar-refractivity contribution in [1.82, 2.24) is 5.43 Å². The Morgan fingerprint density at radius 2 is 1.77 bits per heavy atom. The lowest BCUT2D eigenvalue weighted by molar-refractivity contribution is -0.394. The minimum absolute atomic E-state index is 0.0717. The molecule has 0 radical (unpaired) electrons. The van der Waals surface area contributed by atoms with Crippen molar-refractivity contribution in [2.75, 3.05) is 7.11 Å². The molecule has 0 saturated carbocycles. The lowest BCUT2D eigenvalue weighted by Crippen LogP contribution is -2.18. The summed E-state index contributed by atoms with van der Waals surface area (Å²) in [4.78, 5) is 32.0. The van der Waals surface area contributed by atoms with Gasteiger partial charge in [0.15, 0.2) is 11.5 Å². The fraction of sp³-hybridized carbons (Fsp3) is 0.0667. The molecule has 2 aromatic rings. The van der Waals surface area contributed by atoms with Crippen LogP contribution in [0.1, 0.15) is 15.9 Å². The highest BCUT2D eigenvalue weighted by Gasteiger charge is 2.19. The van der Waals surface area contributed by atoms with Crippen molar-refractivity contribution in [2.24, 2.45) is 5.10 Å². The summed E-state index contributed by atoms with van der Waals surface area (Å²) < 4.78 is 4.93. The maximum absolute atomic E-state index is 12.0. The zero-order valence-corrected chi connectivity index (χ0v) is 13.3. The molecule has 0 fully saturated rings. The van der Waals surface area contributed by atoms with Gasteiger partial charge in [0.2, 0.25) is 0 Å². The number of phenols is 1. The quantitative estimate of drug-likeness (QED) is 0.453. The standard InChI is InChI=1S/C15H12N4O7/c1-26-14-4-9(2-3-13(14)20)8-16-17-15(21)10-5-11(18(22)23)7-12(6-10)19(24)25/h2-8,20H,1H3,(H,17,21). The molecule has 0 spiro atoms. The Labute approximate surface area is 145 Å². The summed E-state index contributed by atoms with van der Waals surface area (Å²) in [6, 6.07) is 6.90. The zero-order chi connectivity index (χ0) is 19.3. The molecule has 0 atom stereocenters. The van der Waals surface area contributed by atoms with E-state index in [2.05, 4.69) is 10.5 Å². The van der Waals surface area contributed by atoms with Gasteiger partial charge in [-0.2, -0.15) is 5.10 Å². The lowest BCUT2D eigenvalue weighted by atomic mass is 10.1. The second kappa shape index (κ2) is 7.70. The first-order valence-electron chi connectivity index (χ1n) is 6.96. The number of carbonyl (C=O) groups is 1. The van der Waals surface area contributed by atoms with E-state index < -0.39 is 27.1 Å². The molecular formula is C15H12N4O7. The molecule has 11 heteroatoms. The van der Waals surface area contributed by atoms with Gasteiger partial charge in [0.1, 0.15) is 0 Å². The summed E-state index contributed by atoms with van der Waals surface area (Å²) in [5, 5.41) is 34.8. The fourth-order valence-corrected chi connectivity index (χ4v) is 1.94. The number of hydrazone groups is 1. The Hall–Kier alpha value is -4.02. The van der Waals surface area contributed by atoms with Crippen LogP contribution in [-0.4, -0.2) is 34.2 Å². The largest absolute Gasteiger partial charge is 0.504 e. The number of phenolic OH excluding ortho intramolecular Hbond substituents is 1. The topological polar surface area (TPSA) is 157 Å². The molecule has 0 aliphatic heterocycles. The number of nitro groups is 2. The number of hydrogen-bond donors (Lipinski definition) is 2. The number of benzene rings is 2. The number of nitrogens with one attached hydrogen (secondary N) is 1. The first-order valence-corrected chi connectivity index (χ1v) is 6.96. The predicted octanol–water partition coefficient (Wildman–Crippen LogP) is 1.98. The van der Waals surface area contributed by atoms with Crippen molar-refractivity contribution in [3.8, 4) is 11.5 Å². The van der Waals surface area contributed by atoms with Gasteiger partial charge in [0, 0.05) is 12.1 Å². The number of hydrogen-bond acceptors (Lipinski definition) is 8. The van der Waals surface area contributed by atoms with Crippen LogP contribution in [0.4, 0.5) is 11.4 Å². The van der Waals surface area contributed by atoms with E-state index in [1.54, 1.807) is 0 Å². The van der Waals surface area contributed by atoms with Gasteiger partial charge in [-0.3, -0.25) is 25.0 Å². The number of nitro benzene ring substituents is 2. The highest BCUT2D eigenvalue weighted by atomic mass is 16.6. The molecule has 134 valence electrons. The lowest BCUT2D eigenvalue weighted by Gasteiger charge is -2.03. The molecule has 2 rings (SSSR count). The van der Waals surface area contributed by atoms with Gasteiger partial charge in [-0.1, -0.05) is 0 Å². The third-order valence-electron chi connectivity index (χ3n) is 3.17. The van der Waals surface area contributed by atoms with Crippen molar-refractivity contribution in [3.05, 3.63) is 67.8 Å². The third kappa shape index (κ3) is 4.29. The molecule has 0 aliphatic carbocycles. The summed E-state index contributed by atoms with van der Waals surface area (Å²) in [6.07, 6.45) is 1.24. The normalized spacial score (nSPS) is 10.5.